The van der Waals surface area contributed by atoms with Crippen LogP contribution in [-0.2, 0) is 41.7 Å². The maximum Gasteiger partial charge on any atom is 0.514 e. The van der Waals surface area contributed by atoms with Crippen LogP contribution in [-0.4, -0.2) is 56.8 Å². The number of nitrogens with two attached hydrogens (primary N) is 1. The quantitative estimate of drug-likeness (QED) is 0.158. The minimum Gasteiger partial charge on any atom is -0.458 e. The Hall–Kier alpha value is -4.48. The lowest BCUT2D eigenvalue weighted by Crippen LogP contribution is -2.63. The molecule has 1 aliphatic heterocycles. The average Bonchev–Trinajstić information content (AvgIpc) is 3.45. The maximum absolute atomic E-state index is 14.6. The van der Waals surface area contributed by atoms with Gasteiger partial charge in [0.05, 0.1) is 17.8 Å². The van der Waals surface area contributed by atoms with Crippen molar-refractivity contribution in [2.45, 2.75) is 76.0 Å². The summed E-state index contributed by atoms with van der Waals surface area (Å²) in [6.45, 7) is 5.99. The van der Waals surface area contributed by atoms with Crippen LogP contribution < -0.4 is 10.5 Å². The molecule has 3 aromatic carbocycles. The summed E-state index contributed by atoms with van der Waals surface area (Å²) in [5, 5.41) is -1.31. The van der Waals surface area contributed by atoms with E-state index in [-0.39, 0.29) is 30.3 Å². The molecule has 10 nitrogen and oxygen atoms in total. The summed E-state index contributed by atoms with van der Waals surface area (Å²) < 4.78 is 16.2. The Labute approximate surface area is 278 Å². The number of benzene rings is 3. The monoisotopic (exact) mass is 660 g/mol. The van der Waals surface area contributed by atoms with Gasteiger partial charge in [0.2, 0.25) is 11.4 Å². The lowest BCUT2D eigenvalue weighted by Gasteiger charge is -2.41. The van der Waals surface area contributed by atoms with Gasteiger partial charge in [0.15, 0.2) is 10.9 Å². The van der Waals surface area contributed by atoms with Gasteiger partial charge in [0.1, 0.15) is 18.0 Å². The molecule has 1 amide bonds. The van der Waals surface area contributed by atoms with Gasteiger partial charge in [0, 0.05) is 6.92 Å². The summed E-state index contributed by atoms with van der Waals surface area (Å²) in [5.74, 6) is -1.81. The number of thioether (sulfide) groups is 1. The van der Waals surface area contributed by atoms with Crippen molar-refractivity contribution in [3.05, 3.63) is 102 Å². The van der Waals surface area contributed by atoms with E-state index in [1.807, 2.05) is 60.7 Å². The minimum atomic E-state index is -1.97. The first-order valence-corrected chi connectivity index (χ1v) is 16.2. The highest BCUT2D eigenvalue weighted by Gasteiger charge is 2.61. The Balaban J connectivity index is 1.61. The largest absolute Gasteiger partial charge is 0.514 e. The molecule has 2 N–H and O–H groups in total. The van der Waals surface area contributed by atoms with E-state index in [1.165, 1.54) is 11.8 Å². The SMILES string of the molecule is CC(=O)SC(Cc1ccc(OC(=O)OCc2ccccc2)cc1)C(=O)N1C(c2ccccc2)CC[C@@]1(C(=O)CN)C(=O)OC(C)(C)C. The van der Waals surface area contributed by atoms with E-state index < -0.39 is 52.8 Å². The third-order valence-corrected chi connectivity index (χ3v) is 8.62. The van der Waals surface area contributed by atoms with Crippen LogP contribution in [0.2, 0.25) is 0 Å². The molecule has 1 aliphatic rings. The molecule has 1 fully saturated rings. The van der Waals surface area contributed by atoms with Gasteiger partial charge in [0.25, 0.3) is 0 Å². The second-order valence-electron chi connectivity index (χ2n) is 12.2. The summed E-state index contributed by atoms with van der Waals surface area (Å²) in [4.78, 5) is 68.2. The van der Waals surface area contributed by atoms with Crippen LogP contribution >= 0.6 is 11.8 Å². The van der Waals surface area contributed by atoms with Crippen LogP contribution in [0.3, 0.4) is 0 Å². The zero-order valence-corrected chi connectivity index (χ0v) is 27.8. The molecule has 0 bridgehead atoms. The van der Waals surface area contributed by atoms with Gasteiger partial charge in [-0.3, -0.25) is 14.4 Å². The first-order valence-electron chi connectivity index (χ1n) is 15.3. The molecule has 0 saturated carbocycles. The number of nitrogens with zero attached hydrogens (tertiary/aromatic N) is 1. The van der Waals surface area contributed by atoms with Gasteiger partial charge < -0.3 is 24.8 Å². The van der Waals surface area contributed by atoms with E-state index in [9.17, 15) is 24.0 Å². The molecule has 0 aromatic heterocycles. The number of esters is 1. The van der Waals surface area contributed by atoms with Crippen molar-refractivity contribution in [3.63, 3.8) is 0 Å². The lowest BCUT2D eigenvalue weighted by atomic mass is 9.89. The molecular weight excluding hydrogens is 620 g/mol. The summed E-state index contributed by atoms with van der Waals surface area (Å²) in [6.07, 6.45) is -0.454. The van der Waals surface area contributed by atoms with Crippen LogP contribution in [0.15, 0.2) is 84.9 Å². The second kappa shape index (κ2) is 15.4. The normalized spacial score (nSPS) is 18.2. The first-order chi connectivity index (χ1) is 22.3. The zero-order valence-electron chi connectivity index (χ0n) is 27.0. The van der Waals surface area contributed by atoms with Gasteiger partial charge in [-0.2, -0.15) is 0 Å². The standard InChI is InChI=1S/C36H40N2O8S/c1-24(39)47-30(21-25-15-17-28(18-16-25)45-34(43)44-23-26-11-7-5-8-12-26)32(41)38-29(27-13-9-6-10-14-27)19-20-36(38,31(40)22-37)33(42)46-35(2,3)4/h5-18,29-30H,19-23,37H2,1-4H3/t29?,30?,36-/m1/s1. The van der Waals surface area contributed by atoms with Crippen molar-refractivity contribution >= 4 is 40.7 Å². The van der Waals surface area contributed by atoms with E-state index in [0.717, 1.165) is 22.9 Å². The summed E-state index contributed by atoms with van der Waals surface area (Å²) in [6, 6.07) is 24.2. The number of Topliss-reactive ketones (excluding diaryl/α,β-unsaturated/α-hetero) is 1. The fourth-order valence-electron chi connectivity index (χ4n) is 5.60. The number of rotatable bonds is 11. The predicted octanol–water partition coefficient (Wildman–Crippen LogP) is 5.57. The molecule has 0 radical (unpaired) electrons. The number of ether oxygens (including phenoxy) is 3. The van der Waals surface area contributed by atoms with Crippen LogP contribution in [0.1, 0.15) is 63.3 Å². The average molecular weight is 661 g/mol. The van der Waals surface area contributed by atoms with Gasteiger partial charge in [-0.15, -0.1) is 0 Å². The third-order valence-electron chi connectivity index (χ3n) is 7.64. The zero-order chi connectivity index (χ0) is 34.2. The summed E-state index contributed by atoms with van der Waals surface area (Å²) >= 11 is 0.821. The molecule has 2 unspecified atom stereocenters. The maximum atomic E-state index is 14.6. The predicted molar refractivity (Wildman–Crippen MR) is 177 cm³/mol. The van der Waals surface area contributed by atoms with Crippen molar-refractivity contribution < 1.29 is 38.2 Å². The fourth-order valence-corrected chi connectivity index (χ4v) is 6.49. The van der Waals surface area contributed by atoms with Gasteiger partial charge >= 0.3 is 12.1 Å². The molecule has 1 saturated heterocycles. The highest BCUT2D eigenvalue weighted by Crippen LogP contribution is 2.46. The van der Waals surface area contributed by atoms with E-state index >= 15 is 0 Å². The van der Waals surface area contributed by atoms with Crippen LogP contribution in [0.4, 0.5) is 4.79 Å². The van der Waals surface area contributed by atoms with Gasteiger partial charge in [-0.1, -0.05) is 84.6 Å². The van der Waals surface area contributed by atoms with E-state index in [1.54, 1.807) is 45.0 Å². The Morgan fingerprint density at radius 3 is 2.11 bits per heavy atom. The molecule has 248 valence electrons. The molecule has 0 aliphatic carbocycles. The number of amides is 1. The Kier molecular flexibility index (Phi) is 11.6. The van der Waals surface area contributed by atoms with Gasteiger partial charge in [-0.05, 0) is 68.9 Å². The van der Waals surface area contributed by atoms with Gasteiger partial charge in [-0.25, -0.2) is 9.59 Å². The molecule has 4 rings (SSSR count). The number of hydrogen-bond donors (Lipinski definition) is 1. The number of carbonyl (C=O) groups excluding carboxylic acids is 5. The Morgan fingerprint density at radius 2 is 1.53 bits per heavy atom. The van der Waals surface area contributed by atoms with Crippen LogP contribution in [0.25, 0.3) is 0 Å². The lowest BCUT2D eigenvalue weighted by molar-refractivity contribution is -0.175. The van der Waals surface area contributed by atoms with E-state index in [4.69, 9.17) is 19.9 Å². The van der Waals surface area contributed by atoms with Crippen molar-refractivity contribution in [2.24, 2.45) is 5.73 Å². The van der Waals surface area contributed by atoms with E-state index in [2.05, 4.69) is 0 Å². The molecule has 47 heavy (non-hydrogen) atoms. The third kappa shape index (κ3) is 8.87. The molecule has 3 atom stereocenters. The van der Waals surface area contributed by atoms with Crippen molar-refractivity contribution in [3.8, 4) is 5.75 Å². The van der Waals surface area contributed by atoms with Crippen molar-refractivity contribution in [1.29, 1.82) is 0 Å². The number of ketones is 1. The number of carbonyl (C=O) groups is 5. The molecule has 3 aromatic rings. The van der Waals surface area contributed by atoms with E-state index in [0.29, 0.717) is 12.0 Å². The molecule has 11 heteroatoms. The van der Waals surface area contributed by atoms with Crippen LogP contribution in [0, 0.1) is 0 Å². The highest BCUT2D eigenvalue weighted by molar-refractivity contribution is 8.14. The Bertz CT molecular complexity index is 1570. The molecular formula is C36H40N2O8S. The number of likely N-dealkylation sites (tertiary alicyclic amines) is 1. The second-order valence-corrected chi connectivity index (χ2v) is 13.6. The van der Waals surface area contributed by atoms with Crippen LogP contribution in [0.5, 0.6) is 5.75 Å². The first kappa shape index (κ1) is 35.4. The smallest absolute Gasteiger partial charge is 0.458 e. The number of hydrogen-bond acceptors (Lipinski definition) is 10. The fraction of sp³-hybridized carbons (Fsp3) is 0.361. The summed E-state index contributed by atoms with van der Waals surface area (Å²) in [7, 11) is 0. The molecule has 1 heterocycles. The Morgan fingerprint density at radius 1 is 0.915 bits per heavy atom. The highest BCUT2D eigenvalue weighted by atomic mass is 32.2. The molecule has 0 spiro atoms. The van der Waals surface area contributed by atoms with Crippen molar-refractivity contribution in [2.75, 3.05) is 6.54 Å². The summed E-state index contributed by atoms with van der Waals surface area (Å²) in [5.41, 5.74) is 5.17. The topological polar surface area (TPSA) is 142 Å². The minimum absolute atomic E-state index is 0.0209. The van der Waals surface area contributed by atoms with Crippen molar-refractivity contribution in [1.82, 2.24) is 4.90 Å².